The number of aromatic nitrogens is 1. The van der Waals surface area contributed by atoms with Gasteiger partial charge in [-0.05, 0) is 66.8 Å². The number of carbonyl (C=O) groups excluding carboxylic acids is 1. The number of rotatable bonds is 5. The molecule has 0 N–H and O–H groups in total. The van der Waals surface area contributed by atoms with E-state index < -0.39 is 16.5 Å². The highest BCUT2D eigenvalue weighted by Gasteiger charge is 2.31. The maximum Gasteiger partial charge on any atom is 0.337 e. The van der Waals surface area contributed by atoms with Gasteiger partial charge in [0, 0.05) is 23.6 Å². The molecule has 6 nitrogen and oxygen atoms in total. The highest BCUT2D eigenvalue weighted by molar-refractivity contribution is 7.22. The van der Waals surface area contributed by atoms with Gasteiger partial charge in [0.15, 0.2) is 0 Å². The summed E-state index contributed by atoms with van der Waals surface area (Å²) in [5.74, 6) is -0.601. The van der Waals surface area contributed by atoms with Crippen molar-refractivity contribution in [2.24, 2.45) is 5.92 Å². The van der Waals surface area contributed by atoms with Crippen LogP contribution in [0.3, 0.4) is 0 Å². The SMILES string of the molecule is Cc1cc(C(=O)c2c([N+](=O)[O-])sc3c2ccc(=O)n3CC2CC2)ccc1F. The number of aryl methyl sites for hydroxylation is 1. The molecule has 2 aromatic heterocycles. The van der Waals surface area contributed by atoms with E-state index in [1.54, 1.807) is 0 Å². The van der Waals surface area contributed by atoms with E-state index >= 15 is 0 Å². The maximum absolute atomic E-state index is 13.5. The van der Waals surface area contributed by atoms with E-state index in [4.69, 9.17) is 0 Å². The van der Waals surface area contributed by atoms with E-state index in [0.717, 1.165) is 24.2 Å². The molecule has 1 fully saturated rings. The molecular weight excluding hydrogens is 371 g/mol. The fourth-order valence-corrected chi connectivity index (χ4v) is 4.25. The molecule has 0 amide bonds. The van der Waals surface area contributed by atoms with Gasteiger partial charge < -0.3 is 0 Å². The Balaban J connectivity index is 1.94. The zero-order valence-electron chi connectivity index (χ0n) is 14.4. The quantitative estimate of drug-likeness (QED) is 0.376. The van der Waals surface area contributed by atoms with Gasteiger partial charge >= 0.3 is 5.00 Å². The average molecular weight is 386 g/mol. The molecule has 1 aliphatic carbocycles. The number of halogens is 1. The molecule has 0 atom stereocenters. The summed E-state index contributed by atoms with van der Waals surface area (Å²) >= 11 is 0.842. The van der Waals surface area contributed by atoms with Crippen molar-refractivity contribution in [2.45, 2.75) is 26.3 Å². The second-order valence-electron chi connectivity index (χ2n) is 6.78. The molecule has 138 valence electrons. The summed E-state index contributed by atoms with van der Waals surface area (Å²) < 4.78 is 15.1. The van der Waals surface area contributed by atoms with Crippen molar-refractivity contribution in [2.75, 3.05) is 0 Å². The smallest absolute Gasteiger partial charge is 0.299 e. The molecule has 1 aliphatic rings. The van der Waals surface area contributed by atoms with Crippen LogP contribution in [-0.2, 0) is 6.54 Å². The number of thiophene rings is 1. The number of pyridine rings is 1. The molecule has 0 aliphatic heterocycles. The van der Waals surface area contributed by atoms with Gasteiger partial charge in [-0.1, -0.05) is 0 Å². The molecule has 1 aromatic carbocycles. The topological polar surface area (TPSA) is 82.2 Å². The van der Waals surface area contributed by atoms with Gasteiger partial charge in [0.2, 0.25) is 5.78 Å². The highest BCUT2D eigenvalue weighted by Crippen LogP contribution is 2.39. The summed E-state index contributed by atoms with van der Waals surface area (Å²) in [6.07, 6.45) is 2.05. The van der Waals surface area contributed by atoms with Crippen molar-refractivity contribution in [3.05, 3.63) is 73.3 Å². The van der Waals surface area contributed by atoms with E-state index in [-0.39, 0.29) is 27.3 Å². The van der Waals surface area contributed by atoms with Crippen LogP contribution in [0.4, 0.5) is 9.39 Å². The molecule has 3 aromatic rings. The fourth-order valence-electron chi connectivity index (χ4n) is 3.13. The van der Waals surface area contributed by atoms with Crippen LogP contribution in [0.15, 0.2) is 35.1 Å². The van der Waals surface area contributed by atoms with Crippen LogP contribution in [0.25, 0.3) is 10.2 Å². The van der Waals surface area contributed by atoms with E-state index in [1.165, 1.54) is 41.8 Å². The lowest BCUT2D eigenvalue weighted by molar-refractivity contribution is -0.380. The Kier molecular flexibility index (Phi) is 4.15. The molecule has 0 radical (unpaired) electrons. The molecule has 2 heterocycles. The molecule has 1 saturated carbocycles. The summed E-state index contributed by atoms with van der Waals surface area (Å²) in [6.45, 7) is 2.02. The number of nitro groups is 1. The number of hydrogen-bond donors (Lipinski definition) is 0. The Hall–Kier alpha value is -2.87. The van der Waals surface area contributed by atoms with Gasteiger partial charge in [0.05, 0.1) is 4.92 Å². The first kappa shape index (κ1) is 17.5. The molecule has 4 rings (SSSR count). The van der Waals surface area contributed by atoms with Crippen LogP contribution in [-0.4, -0.2) is 15.3 Å². The van der Waals surface area contributed by atoms with E-state index in [9.17, 15) is 24.1 Å². The summed E-state index contributed by atoms with van der Waals surface area (Å²) in [6, 6.07) is 6.68. The molecule has 27 heavy (non-hydrogen) atoms. The van der Waals surface area contributed by atoms with Gasteiger partial charge in [-0.3, -0.25) is 24.3 Å². The number of nitrogens with zero attached hydrogens (tertiary/aromatic N) is 2. The normalized spacial score (nSPS) is 13.9. The summed E-state index contributed by atoms with van der Waals surface area (Å²) in [7, 11) is 0. The van der Waals surface area contributed by atoms with Gasteiger partial charge in [0.1, 0.15) is 16.2 Å². The molecule has 0 unspecified atom stereocenters. The van der Waals surface area contributed by atoms with Gasteiger partial charge in [0.25, 0.3) is 5.56 Å². The minimum Gasteiger partial charge on any atom is -0.299 e. The monoisotopic (exact) mass is 386 g/mol. The van der Waals surface area contributed by atoms with E-state index in [2.05, 4.69) is 0 Å². The van der Waals surface area contributed by atoms with Crippen molar-refractivity contribution in [3.63, 3.8) is 0 Å². The summed E-state index contributed by atoms with van der Waals surface area (Å²) in [4.78, 5) is 36.7. The van der Waals surface area contributed by atoms with Crippen molar-refractivity contribution >= 4 is 32.3 Å². The largest absolute Gasteiger partial charge is 0.337 e. The van der Waals surface area contributed by atoms with Crippen molar-refractivity contribution in [1.82, 2.24) is 4.57 Å². The van der Waals surface area contributed by atoms with Crippen LogP contribution < -0.4 is 5.56 Å². The van der Waals surface area contributed by atoms with E-state index in [0.29, 0.717) is 22.7 Å². The highest BCUT2D eigenvalue weighted by atomic mass is 32.1. The van der Waals surface area contributed by atoms with Gasteiger partial charge in [-0.2, -0.15) is 0 Å². The Labute approximate surface area is 157 Å². The minimum absolute atomic E-state index is 0.0458. The van der Waals surface area contributed by atoms with Crippen molar-refractivity contribution in [1.29, 1.82) is 0 Å². The third-order valence-corrected chi connectivity index (χ3v) is 5.94. The van der Waals surface area contributed by atoms with E-state index in [1.807, 2.05) is 0 Å². The number of hydrogen-bond acceptors (Lipinski definition) is 5. The van der Waals surface area contributed by atoms with Crippen LogP contribution >= 0.6 is 11.3 Å². The zero-order valence-corrected chi connectivity index (χ0v) is 15.2. The van der Waals surface area contributed by atoms with Crippen LogP contribution in [0.5, 0.6) is 0 Å². The third-order valence-electron chi connectivity index (χ3n) is 4.76. The minimum atomic E-state index is -0.597. The first-order valence-corrected chi connectivity index (χ1v) is 9.30. The third kappa shape index (κ3) is 3.06. The number of carbonyl (C=O) groups is 1. The molecule has 0 spiro atoms. The van der Waals surface area contributed by atoms with Crippen molar-refractivity contribution in [3.8, 4) is 0 Å². The molecule has 0 saturated heterocycles. The predicted molar refractivity (Wildman–Crippen MR) is 100 cm³/mol. The van der Waals surface area contributed by atoms with Gasteiger partial charge in [-0.15, -0.1) is 0 Å². The summed E-state index contributed by atoms with van der Waals surface area (Å²) in [5.41, 5.74) is 0.183. The Morgan fingerprint density at radius 2 is 2.07 bits per heavy atom. The molecule has 0 bridgehead atoms. The average Bonchev–Trinajstić information content (AvgIpc) is 3.36. The van der Waals surface area contributed by atoms with Crippen LogP contribution in [0.1, 0.15) is 34.3 Å². The molecule has 8 heteroatoms. The zero-order chi connectivity index (χ0) is 19.3. The van der Waals surface area contributed by atoms with Gasteiger partial charge in [-0.25, -0.2) is 4.39 Å². The lowest BCUT2D eigenvalue weighted by atomic mass is 10.0. The Morgan fingerprint density at radius 3 is 2.70 bits per heavy atom. The van der Waals surface area contributed by atoms with Crippen LogP contribution in [0.2, 0.25) is 0 Å². The number of ketones is 1. The Morgan fingerprint density at radius 1 is 1.33 bits per heavy atom. The number of benzene rings is 1. The van der Waals surface area contributed by atoms with Crippen molar-refractivity contribution < 1.29 is 14.1 Å². The second-order valence-corrected chi connectivity index (χ2v) is 7.75. The molecular formula is C19H15FN2O4S. The lowest BCUT2D eigenvalue weighted by Crippen LogP contribution is -2.19. The Bertz CT molecular complexity index is 1160. The summed E-state index contributed by atoms with van der Waals surface area (Å²) in [5, 5.41) is 11.7. The maximum atomic E-state index is 13.5. The number of fused-ring (bicyclic) bond motifs is 1. The fraction of sp³-hybridized carbons (Fsp3) is 0.263. The first-order valence-electron chi connectivity index (χ1n) is 8.48. The predicted octanol–water partition coefficient (Wildman–Crippen LogP) is 4.06. The van der Waals surface area contributed by atoms with Crippen LogP contribution in [0, 0.1) is 28.8 Å². The lowest BCUT2D eigenvalue weighted by Gasteiger charge is -2.06. The second kappa shape index (κ2) is 6.38. The standard InChI is InChI=1S/C19H15FN2O4S/c1-10-8-12(4-6-14(10)20)17(24)16-13-5-7-15(23)21(9-11-2-3-11)18(13)27-19(16)22(25)26/h4-8,11H,2-3,9H2,1H3. The first-order chi connectivity index (χ1) is 12.9.